The molecule has 1 amide bonds. The maximum Gasteiger partial charge on any atom is 0.266 e. The van der Waals surface area contributed by atoms with E-state index >= 15 is 0 Å². The van der Waals surface area contributed by atoms with Crippen LogP contribution >= 0.6 is 23.1 Å². The third kappa shape index (κ3) is 3.99. The second kappa shape index (κ2) is 7.61. The number of rotatable bonds is 5. The first kappa shape index (κ1) is 18.6. The maximum atomic E-state index is 12.7. The lowest BCUT2D eigenvalue weighted by atomic mass is 10.2. The van der Waals surface area contributed by atoms with Crippen molar-refractivity contribution in [1.29, 1.82) is 0 Å². The number of aromatic nitrogens is 1. The van der Waals surface area contributed by atoms with E-state index in [1.165, 1.54) is 15.6 Å². The van der Waals surface area contributed by atoms with Crippen LogP contribution in [0.2, 0.25) is 0 Å². The van der Waals surface area contributed by atoms with Crippen LogP contribution in [-0.2, 0) is 21.4 Å². The largest absolute Gasteiger partial charge is 0.316 e. The first-order valence-electron chi connectivity index (χ1n) is 8.04. The van der Waals surface area contributed by atoms with Gasteiger partial charge in [-0.05, 0) is 31.2 Å². The minimum Gasteiger partial charge on any atom is -0.316 e. The zero-order valence-corrected chi connectivity index (χ0v) is 16.7. The summed E-state index contributed by atoms with van der Waals surface area (Å²) < 4.78 is 28.2. The Kier molecular flexibility index (Phi) is 5.67. The van der Waals surface area contributed by atoms with Gasteiger partial charge in [0, 0.05) is 18.8 Å². The molecule has 0 aliphatic carbocycles. The molecule has 1 atom stereocenters. The molecule has 0 unspecified atom stereocenters. The van der Waals surface area contributed by atoms with Gasteiger partial charge in [-0.15, -0.1) is 0 Å². The summed E-state index contributed by atoms with van der Waals surface area (Å²) in [6.45, 7) is 1.15. The van der Waals surface area contributed by atoms with E-state index in [0.717, 1.165) is 28.8 Å². The fraction of sp³-hybridized carbons (Fsp3) is 0.500. The molecule has 2 heterocycles. The van der Waals surface area contributed by atoms with Gasteiger partial charge in [-0.3, -0.25) is 4.79 Å². The van der Waals surface area contributed by atoms with Crippen molar-refractivity contribution in [2.24, 2.45) is 4.99 Å². The van der Waals surface area contributed by atoms with Crippen molar-refractivity contribution < 1.29 is 13.2 Å². The van der Waals surface area contributed by atoms with Gasteiger partial charge >= 0.3 is 0 Å². The van der Waals surface area contributed by atoms with Crippen molar-refractivity contribution in [1.82, 2.24) is 8.87 Å². The van der Waals surface area contributed by atoms with E-state index in [-0.39, 0.29) is 5.91 Å². The fourth-order valence-corrected chi connectivity index (χ4v) is 5.60. The Bertz CT molecular complexity index is 946. The number of benzene rings is 1. The van der Waals surface area contributed by atoms with Crippen LogP contribution in [-0.4, -0.2) is 54.0 Å². The number of carbonyl (C=O) groups is 1. The number of amides is 1. The summed E-state index contributed by atoms with van der Waals surface area (Å²) in [5.41, 5.74) is 1.06. The van der Waals surface area contributed by atoms with Gasteiger partial charge in [-0.2, -0.15) is 21.1 Å². The number of fused-ring (bicyclic) bond motifs is 1. The number of carbonyl (C=O) groups excluding carboxylic acids is 1. The summed E-state index contributed by atoms with van der Waals surface area (Å²) in [5.74, 6) is 0.549. The van der Waals surface area contributed by atoms with E-state index in [9.17, 15) is 13.2 Å². The van der Waals surface area contributed by atoms with Crippen LogP contribution < -0.4 is 4.80 Å². The van der Waals surface area contributed by atoms with Crippen LogP contribution in [0.1, 0.15) is 12.8 Å². The zero-order valence-electron chi connectivity index (χ0n) is 14.2. The van der Waals surface area contributed by atoms with Gasteiger partial charge in [0.2, 0.25) is 10.0 Å². The Balaban J connectivity index is 2.01. The van der Waals surface area contributed by atoms with Crippen molar-refractivity contribution in [2.75, 3.05) is 24.8 Å². The van der Waals surface area contributed by atoms with Crippen molar-refractivity contribution in [2.45, 2.75) is 25.4 Å². The van der Waals surface area contributed by atoms with Crippen molar-refractivity contribution in [3.63, 3.8) is 0 Å². The number of hydrogen-bond acceptors (Lipinski definition) is 5. The first-order valence-corrected chi connectivity index (χ1v) is 12.1. The van der Waals surface area contributed by atoms with Gasteiger partial charge in [-0.25, -0.2) is 8.42 Å². The highest BCUT2D eigenvalue weighted by molar-refractivity contribution is 7.98. The minimum atomic E-state index is -3.39. The SMILES string of the molecule is CSCCn1c(=NC(=O)[C@@H]2CCCN2S(C)(=O)=O)sc2ccccc21. The molecule has 6 nitrogen and oxygen atoms in total. The smallest absolute Gasteiger partial charge is 0.266 e. The lowest BCUT2D eigenvalue weighted by molar-refractivity contribution is -0.121. The fourth-order valence-electron chi connectivity index (χ4n) is 3.06. The molecule has 2 aromatic rings. The number of hydrogen-bond donors (Lipinski definition) is 0. The molecule has 1 saturated heterocycles. The molecule has 1 aliphatic heterocycles. The summed E-state index contributed by atoms with van der Waals surface area (Å²) in [6.07, 6.45) is 4.42. The molecular formula is C16H21N3O3S3. The minimum absolute atomic E-state index is 0.368. The van der Waals surface area contributed by atoms with Crippen molar-refractivity contribution >= 4 is 49.2 Å². The zero-order chi connectivity index (χ0) is 18.0. The van der Waals surface area contributed by atoms with E-state index < -0.39 is 16.1 Å². The average molecular weight is 400 g/mol. The Morgan fingerprint density at radius 1 is 1.40 bits per heavy atom. The highest BCUT2D eigenvalue weighted by Gasteiger charge is 2.36. The molecule has 0 radical (unpaired) electrons. The topological polar surface area (TPSA) is 71.7 Å². The summed E-state index contributed by atoms with van der Waals surface area (Å²) in [7, 11) is -3.39. The third-order valence-corrected chi connectivity index (χ3v) is 7.17. The molecule has 3 rings (SSSR count). The van der Waals surface area contributed by atoms with Gasteiger partial charge in [0.05, 0.1) is 16.5 Å². The molecule has 0 N–H and O–H groups in total. The lowest BCUT2D eigenvalue weighted by Gasteiger charge is -2.18. The second-order valence-electron chi connectivity index (χ2n) is 5.98. The normalized spacial score (nSPS) is 19.8. The van der Waals surface area contributed by atoms with Crippen molar-refractivity contribution in [3.8, 4) is 0 Å². The molecule has 1 aliphatic rings. The van der Waals surface area contributed by atoms with Crippen LogP contribution in [0.4, 0.5) is 0 Å². The molecule has 1 aromatic carbocycles. The van der Waals surface area contributed by atoms with E-state index in [2.05, 4.69) is 4.99 Å². The van der Waals surface area contributed by atoms with Gasteiger partial charge in [0.1, 0.15) is 6.04 Å². The Morgan fingerprint density at radius 2 is 2.16 bits per heavy atom. The Morgan fingerprint density at radius 3 is 2.88 bits per heavy atom. The van der Waals surface area contributed by atoms with E-state index in [1.54, 1.807) is 11.8 Å². The highest BCUT2D eigenvalue weighted by Crippen LogP contribution is 2.22. The van der Waals surface area contributed by atoms with Crippen LogP contribution in [0.5, 0.6) is 0 Å². The van der Waals surface area contributed by atoms with E-state index in [4.69, 9.17) is 0 Å². The average Bonchev–Trinajstić information content (AvgIpc) is 3.17. The number of thioether (sulfide) groups is 1. The van der Waals surface area contributed by atoms with Crippen LogP contribution in [0.3, 0.4) is 0 Å². The van der Waals surface area contributed by atoms with Crippen molar-refractivity contribution in [3.05, 3.63) is 29.1 Å². The highest BCUT2D eigenvalue weighted by atomic mass is 32.2. The van der Waals surface area contributed by atoms with Gasteiger partial charge in [0.25, 0.3) is 5.91 Å². The second-order valence-corrected chi connectivity index (χ2v) is 9.91. The number of sulfonamides is 1. The van der Waals surface area contributed by atoms with Crippen LogP contribution in [0.25, 0.3) is 10.2 Å². The summed E-state index contributed by atoms with van der Waals surface area (Å²) in [6, 6.07) is 7.30. The Labute approximate surface area is 155 Å². The summed E-state index contributed by atoms with van der Waals surface area (Å²) >= 11 is 3.20. The number of para-hydroxylation sites is 1. The van der Waals surface area contributed by atoms with Gasteiger partial charge in [0.15, 0.2) is 4.80 Å². The molecule has 0 saturated carbocycles. The van der Waals surface area contributed by atoms with Crippen LogP contribution in [0.15, 0.2) is 29.3 Å². The maximum absolute atomic E-state index is 12.7. The van der Waals surface area contributed by atoms with E-state index in [0.29, 0.717) is 24.2 Å². The number of thiazole rings is 1. The predicted octanol–water partition coefficient (Wildman–Crippen LogP) is 1.92. The lowest BCUT2D eigenvalue weighted by Crippen LogP contribution is -2.40. The monoisotopic (exact) mass is 399 g/mol. The molecule has 9 heteroatoms. The number of aryl methyl sites for hydroxylation is 1. The van der Waals surface area contributed by atoms with Crippen LogP contribution in [0, 0.1) is 0 Å². The molecule has 25 heavy (non-hydrogen) atoms. The predicted molar refractivity (Wildman–Crippen MR) is 103 cm³/mol. The van der Waals surface area contributed by atoms with E-state index in [1.807, 2.05) is 35.1 Å². The molecule has 0 bridgehead atoms. The summed E-state index contributed by atoms with van der Waals surface area (Å²) in [4.78, 5) is 17.7. The molecule has 1 fully saturated rings. The molecular weight excluding hydrogens is 378 g/mol. The standard InChI is InChI=1S/C16H21N3O3S3/c1-23-11-10-18-12-6-3-4-8-14(12)24-16(18)17-15(20)13-7-5-9-19(13)25(2,21)22/h3-4,6,8,13H,5,7,9-11H2,1-2H3/t13-/m0/s1. The Hall–Kier alpha value is -1.16. The van der Waals surface area contributed by atoms with Gasteiger partial charge < -0.3 is 4.57 Å². The third-order valence-electron chi connectivity index (χ3n) is 4.23. The number of nitrogens with zero attached hydrogens (tertiary/aromatic N) is 3. The summed E-state index contributed by atoms with van der Waals surface area (Å²) in [5, 5.41) is 0. The molecule has 136 valence electrons. The quantitative estimate of drug-likeness (QED) is 0.770. The van der Waals surface area contributed by atoms with Gasteiger partial charge in [-0.1, -0.05) is 23.5 Å². The molecule has 0 spiro atoms. The molecule has 1 aromatic heterocycles. The first-order chi connectivity index (χ1) is 11.9.